The molecule has 2 N–H and O–H groups in total. The van der Waals surface area contributed by atoms with Crippen molar-refractivity contribution in [3.63, 3.8) is 0 Å². The second kappa shape index (κ2) is 11.5. The fraction of sp³-hybridized carbons (Fsp3) is 0.0435. The topological polar surface area (TPSA) is 106 Å². The predicted molar refractivity (Wildman–Crippen MR) is 130 cm³/mol. The van der Waals surface area contributed by atoms with Crippen molar-refractivity contribution in [3.8, 4) is 11.5 Å². The number of hydrazone groups is 1. The Morgan fingerprint density at radius 2 is 1.65 bits per heavy atom. The molecule has 0 bridgehead atoms. The molecule has 3 rings (SSSR count). The summed E-state index contributed by atoms with van der Waals surface area (Å²) < 4.78 is 10.6. The van der Waals surface area contributed by atoms with Crippen molar-refractivity contribution in [2.75, 3.05) is 12.4 Å². The summed E-state index contributed by atoms with van der Waals surface area (Å²) in [5.74, 6) is -2.15. The van der Waals surface area contributed by atoms with Crippen molar-refractivity contribution in [1.29, 1.82) is 0 Å². The third-order valence-electron chi connectivity index (χ3n) is 4.26. The lowest BCUT2D eigenvalue weighted by Crippen LogP contribution is -2.32. The van der Waals surface area contributed by atoms with Crippen molar-refractivity contribution in [2.24, 2.45) is 5.10 Å². The Bertz CT molecular complexity index is 1260. The minimum Gasteiger partial charge on any atom is -0.493 e. The van der Waals surface area contributed by atoms with E-state index >= 15 is 0 Å². The standard InChI is InChI=1S/C23H16Cl3N3O5/c1-33-19-11-13(5-10-18(19)34-23(32)14-6-8-15(24)9-7-14)12-27-29-22(31)21(30)28-17-4-2-3-16(25)20(17)26/h2-12H,1H3,(H,28,30)(H,29,31)/b27-12+. The van der Waals surface area contributed by atoms with Gasteiger partial charge in [-0.15, -0.1) is 0 Å². The molecular formula is C23H16Cl3N3O5. The van der Waals surface area contributed by atoms with Gasteiger partial charge in [-0.3, -0.25) is 9.59 Å². The molecule has 2 amide bonds. The molecule has 0 atom stereocenters. The minimum atomic E-state index is -1.02. The number of ether oxygens (including phenoxy) is 2. The zero-order valence-corrected chi connectivity index (χ0v) is 19.7. The van der Waals surface area contributed by atoms with Crippen molar-refractivity contribution in [2.45, 2.75) is 0 Å². The summed E-state index contributed by atoms with van der Waals surface area (Å²) in [6.07, 6.45) is 1.28. The first-order valence-corrected chi connectivity index (χ1v) is 10.7. The Morgan fingerprint density at radius 1 is 0.912 bits per heavy atom. The van der Waals surface area contributed by atoms with Gasteiger partial charge in [-0.1, -0.05) is 40.9 Å². The van der Waals surface area contributed by atoms with Gasteiger partial charge in [-0.25, -0.2) is 10.2 Å². The van der Waals surface area contributed by atoms with Gasteiger partial charge in [0.05, 0.1) is 34.6 Å². The maximum atomic E-state index is 12.3. The molecule has 0 saturated heterocycles. The van der Waals surface area contributed by atoms with E-state index in [4.69, 9.17) is 44.3 Å². The number of rotatable bonds is 6. The molecule has 34 heavy (non-hydrogen) atoms. The van der Waals surface area contributed by atoms with E-state index < -0.39 is 17.8 Å². The molecule has 0 fully saturated rings. The molecule has 11 heteroatoms. The van der Waals surface area contributed by atoms with Gasteiger partial charge in [0.1, 0.15) is 0 Å². The van der Waals surface area contributed by atoms with Gasteiger partial charge >= 0.3 is 17.8 Å². The van der Waals surface area contributed by atoms with Crippen LogP contribution in [0.4, 0.5) is 5.69 Å². The van der Waals surface area contributed by atoms with E-state index in [1.807, 2.05) is 0 Å². The molecule has 0 radical (unpaired) electrons. The van der Waals surface area contributed by atoms with Crippen LogP contribution in [0.15, 0.2) is 65.8 Å². The number of hydrogen-bond acceptors (Lipinski definition) is 6. The second-order valence-corrected chi connectivity index (χ2v) is 7.78. The molecule has 0 spiro atoms. The molecule has 0 aliphatic heterocycles. The number of anilines is 1. The quantitative estimate of drug-likeness (QED) is 0.157. The first-order chi connectivity index (χ1) is 16.3. The maximum Gasteiger partial charge on any atom is 0.343 e. The van der Waals surface area contributed by atoms with E-state index in [0.29, 0.717) is 16.1 Å². The Kier molecular flexibility index (Phi) is 8.48. The van der Waals surface area contributed by atoms with Crippen LogP contribution in [-0.4, -0.2) is 31.1 Å². The normalized spacial score (nSPS) is 10.6. The highest BCUT2D eigenvalue weighted by atomic mass is 35.5. The number of halogens is 3. The highest BCUT2D eigenvalue weighted by Crippen LogP contribution is 2.30. The van der Waals surface area contributed by atoms with Gasteiger partial charge in [-0.05, 0) is 60.2 Å². The lowest BCUT2D eigenvalue weighted by Gasteiger charge is -2.10. The van der Waals surface area contributed by atoms with Gasteiger partial charge in [0, 0.05) is 5.02 Å². The van der Waals surface area contributed by atoms with Gasteiger partial charge in [-0.2, -0.15) is 5.10 Å². The fourth-order valence-electron chi connectivity index (χ4n) is 2.59. The predicted octanol–water partition coefficient (Wildman–Crippen LogP) is 4.96. The van der Waals surface area contributed by atoms with E-state index in [2.05, 4.69) is 15.8 Å². The van der Waals surface area contributed by atoms with Crippen LogP contribution in [0.1, 0.15) is 15.9 Å². The van der Waals surface area contributed by atoms with E-state index in [0.717, 1.165) is 0 Å². The zero-order chi connectivity index (χ0) is 24.7. The van der Waals surface area contributed by atoms with Gasteiger partial charge < -0.3 is 14.8 Å². The molecule has 174 valence electrons. The number of esters is 1. The van der Waals surface area contributed by atoms with Crippen LogP contribution in [0.25, 0.3) is 0 Å². The fourth-order valence-corrected chi connectivity index (χ4v) is 3.06. The number of hydrogen-bond donors (Lipinski definition) is 2. The number of nitrogens with zero attached hydrogens (tertiary/aromatic N) is 1. The van der Waals surface area contributed by atoms with Crippen molar-refractivity contribution in [1.82, 2.24) is 5.43 Å². The first-order valence-electron chi connectivity index (χ1n) is 9.52. The number of carbonyl (C=O) groups excluding carboxylic acids is 3. The van der Waals surface area contributed by atoms with E-state index in [9.17, 15) is 14.4 Å². The molecule has 0 unspecified atom stereocenters. The molecule has 0 saturated carbocycles. The monoisotopic (exact) mass is 519 g/mol. The zero-order valence-electron chi connectivity index (χ0n) is 17.5. The largest absolute Gasteiger partial charge is 0.493 e. The summed E-state index contributed by atoms with van der Waals surface area (Å²) in [4.78, 5) is 36.3. The Hall–Kier alpha value is -3.59. The van der Waals surface area contributed by atoms with Gasteiger partial charge in [0.15, 0.2) is 11.5 Å². The van der Waals surface area contributed by atoms with Crippen LogP contribution in [-0.2, 0) is 9.59 Å². The highest BCUT2D eigenvalue weighted by Gasteiger charge is 2.16. The van der Waals surface area contributed by atoms with Crippen LogP contribution >= 0.6 is 34.8 Å². The molecule has 0 heterocycles. The minimum absolute atomic E-state index is 0.109. The average molecular weight is 521 g/mol. The summed E-state index contributed by atoms with van der Waals surface area (Å²) in [6, 6.07) is 15.5. The molecule has 0 aromatic heterocycles. The van der Waals surface area contributed by atoms with Crippen molar-refractivity contribution in [3.05, 3.63) is 86.9 Å². The van der Waals surface area contributed by atoms with Crippen LogP contribution in [0.5, 0.6) is 11.5 Å². The Morgan fingerprint density at radius 3 is 2.35 bits per heavy atom. The second-order valence-electron chi connectivity index (χ2n) is 6.56. The Labute approximate surface area is 209 Å². The molecule has 3 aromatic carbocycles. The first kappa shape index (κ1) is 25.0. The van der Waals surface area contributed by atoms with Gasteiger partial charge in [0.2, 0.25) is 0 Å². The smallest absolute Gasteiger partial charge is 0.343 e. The Balaban J connectivity index is 1.61. The summed E-state index contributed by atoms with van der Waals surface area (Å²) in [5, 5.41) is 6.92. The van der Waals surface area contributed by atoms with Crippen LogP contribution in [0, 0.1) is 0 Å². The highest BCUT2D eigenvalue weighted by molar-refractivity contribution is 6.45. The third kappa shape index (κ3) is 6.48. The number of amides is 2. The molecule has 0 aliphatic rings. The summed E-state index contributed by atoms with van der Waals surface area (Å²) >= 11 is 17.7. The molecular weight excluding hydrogens is 505 g/mol. The van der Waals surface area contributed by atoms with Crippen molar-refractivity contribution >= 4 is 64.5 Å². The SMILES string of the molecule is COc1cc(/C=N/NC(=O)C(=O)Nc2cccc(Cl)c2Cl)ccc1OC(=O)c1ccc(Cl)cc1. The molecule has 0 aliphatic carbocycles. The summed E-state index contributed by atoms with van der Waals surface area (Å²) in [5.41, 5.74) is 3.11. The van der Waals surface area contributed by atoms with Gasteiger partial charge in [0.25, 0.3) is 0 Å². The van der Waals surface area contributed by atoms with E-state index in [1.54, 1.807) is 30.3 Å². The summed E-state index contributed by atoms with van der Waals surface area (Å²) in [6.45, 7) is 0. The van der Waals surface area contributed by atoms with Crippen LogP contribution < -0.4 is 20.2 Å². The molecule has 3 aromatic rings. The number of methoxy groups -OCH3 is 1. The van der Waals surface area contributed by atoms with E-state index in [1.165, 1.54) is 43.7 Å². The number of carbonyl (C=O) groups is 3. The lowest BCUT2D eigenvalue weighted by molar-refractivity contribution is -0.136. The van der Waals surface area contributed by atoms with Crippen molar-refractivity contribution < 1.29 is 23.9 Å². The van der Waals surface area contributed by atoms with E-state index in [-0.39, 0.29) is 27.2 Å². The third-order valence-corrected chi connectivity index (χ3v) is 5.33. The lowest BCUT2D eigenvalue weighted by atomic mass is 10.2. The van der Waals surface area contributed by atoms with Crippen LogP contribution in [0.2, 0.25) is 15.1 Å². The number of benzene rings is 3. The van der Waals surface area contributed by atoms with Crippen LogP contribution in [0.3, 0.4) is 0 Å². The molecule has 8 nitrogen and oxygen atoms in total. The average Bonchev–Trinajstić information content (AvgIpc) is 2.83. The number of nitrogens with one attached hydrogen (secondary N) is 2. The maximum absolute atomic E-state index is 12.3. The summed E-state index contributed by atoms with van der Waals surface area (Å²) in [7, 11) is 1.41.